The second-order valence-corrected chi connectivity index (χ2v) is 11.1. The van der Waals surface area contributed by atoms with Crippen molar-refractivity contribution in [1.29, 1.82) is 0 Å². The molecule has 0 bridgehead atoms. The average molecular weight is 547 g/mol. The number of ether oxygens (including phenoxy) is 1. The first-order valence-corrected chi connectivity index (χ1v) is 13.8. The number of nitrogens with zero attached hydrogens (tertiary/aromatic N) is 2. The van der Waals surface area contributed by atoms with Crippen LogP contribution in [-0.4, -0.2) is 94.0 Å². The van der Waals surface area contributed by atoms with Crippen molar-refractivity contribution in [3.8, 4) is 0 Å². The Balaban J connectivity index is 1.77. The molecule has 38 heavy (non-hydrogen) atoms. The van der Waals surface area contributed by atoms with E-state index >= 15 is 0 Å². The molecule has 1 aliphatic rings. The summed E-state index contributed by atoms with van der Waals surface area (Å²) in [6.45, 7) is 3.01. The van der Waals surface area contributed by atoms with Gasteiger partial charge in [-0.3, -0.25) is 9.59 Å². The molecule has 3 rings (SSSR count). The molecule has 0 aliphatic carbocycles. The molecule has 1 aromatic heterocycles. The molecule has 3 N–H and O–H groups in total. The van der Waals surface area contributed by atoms with Crippen LogP contribution in [0.25, 0.3) is 0 Å². The summed E-state index contributed by atoms with van der Waals surface area (Å²) in [5.41, 5.74) is -2.24. The number of rotatable bonds is 15. The number of amides is 1. The lowest BCUT2D eigenvalue weighted by atomic mass is 9.84. The summed E-state index contributed by atoms with van der Waals surface area (Å²) < 4.78 is 5.59. The van der Waals surface area contributed by atoms with Crippen LogP contribution < -0.4 is 0 Å². The minimum absolute atomic E-state index is 0.271. The van der Waals surface area contributed by atoms with Crippen LogP contribution in [0.1, 0.15) is 42.5 Å². The number of methoxy groups -OCH3 is 1. The van der Waals surface area contributed by atoms with E-state index in [4.69, 9.17) is 4.74 Å². The van der Waals surface area contributed by atoms with E-state index in [1.807, 2.05) is 36.4 Å². The molecule has 1 unspecified atom stereocenters. The Kier molecular flexibility index (Phi) is 10.8. The summed E-state index contributed by atoms with van der Waals surface area (Å²) >= 11 is 1.73. The van der Waals surface area contributed by atoms with E-state index < -0.39 is 41.8 Å². The quantitative estimate of drug-likeness (QED) is 0.311. The molecule has 1 fully saturated rings. The van der Waals surface area contributed by atoms with E-state index in [1.54, 1.807) is 23.3 Å². The van der Waals surface area contributed by atoms with Gasteiger partial charge in [0, 0.05) is 38.2 Å². The largest absolute Gasteiger partial charge is 0.481 e. The minimum atomic E-state index is -2.68. The molecule has 9 nitrogen and oxygen atoms in total. The zero-order valence-electron chi connectivity index (χ0n) is 21.9. The lowest BCUT2D eigenvalue weighted by Gasteiger charge is -2.49. The fourth-order valence-electron chi connectivity index (χ4n) is 5.20. The molecule has 1 atom stereocenters. The number of piperidine rings is 1. The van der Waals surface area contributed by atoms with Crippen LogP contribution in [0.3, 0.4) is 0 Å². The van der Waals surface area contributed by atoms with E-state index in [9.17, 15) is 29.7 Å². The Morgan fingerprint density at radius 3 is 2.34 bits per heavy atom. The number of thiophene rings is 1. The smallest absolute Gasteiger partial charge is 0.336 e. The molecule has 10 heteroatoms. The fraction of sp³-hybridized carbons (Fsp3) is 0.536. The summed E-state index contributed by atoms with van der Waals surface area (Å²) in [5.74, 6) is -3.78. The van der Waals surface area contributed by atoms with E-state index in [0.29, 0.717) is 25.8 Å². The minimum Gasteiger partial charge on any atom is -0.481 e. The average Bonchev–Trinajstić information content (AvgIpc) is 3.40. The Bertz CT molecular complexity index is 1040. The Labute approximate surface area is 227 Å². The molecule has 208 valence electrons. The van der Waals surface area contributed by atoms with Crippen LogP contribution in [0.15, 0.2) is 47.8 Å². The topological polar surface area (TPSA) is 128 Å². The maximum Gasteiger partial charge on any atom is 0.336 e. The van der Waals surface area contributed by atoms with Crippen LogP contribution in [0.2, 0.25) is 0 Å². The van der Waals surface area contributed by atoms with Crippen molar-refractivity contribution in [3.05, 3.63) is 58.3 Å². The predicted molar refractivity (Wildman–Crippen MR) is 144 cm³/mol. The molecular formula is C28H38N2O7S. The number of likely N-dealkylation sites (tertiary alicyclic amines) is 1. The molecule has 1 saturated heterocycles. The highest BCUT2D eigenvalue weighted by atomic mass is 32.1. The first-order chi connectivity index (χ1) is 18.2. The molecule has 0 spiro atoms. The van der Waals surface area contributed by atoms with Crippen molar-refractivity contribution in [3.63, 3.8) is 0 Å². The predicted octanol–water partition coefficient (Wildman–Crippen LogP) is 2.91. The summed E-state index contributed by atoms with van der Waals surface area (Å²) in [6.07, 6.45) is 1.70. The number of hydrogen-bond donors (Lipinski definition) is 3. The molecule has 2 heterocycles. The zero-order valence-corrected chi connectivity index (χ0v) is 22.7. The van der Waals surface area contributed by atoms with Crippen molar-refractivity contribution < 1.29 is 34.4 Å². The van der Waals surface area contributed by atoms with Gasteiger partial charge >= 0.3 is 11.9 Å². The third-order valence-electron chi connectivity index (χ3n) is 7.30. The van der Waals surface area contributed by atoms with Gasteiger partial charge in [0.1, 0.15) is 0 Å². The van der Waals surface area contributed by atoms with Crippen molar-refractivity contribution in [1.82, 2.24) is 9.80 Å². The second-order valence-electron chi connectivity index (χ2n) is 10.0. The van der Waals surface area contributed by atoms with Gasteiger partial charge in [-0.2, -0.15) is 0 Å². The van der Waals surface area contributed by atoms with Crippen LogP contribution in [0.4, 0.5) is 0 Å². The van der Waals surface area contributed by atoms with Gasteiger partial charge in [-0.25, -0.2) is 4.79 Å². The first-order valence-electron chi connectivity index (χ1n) is 12.9. The molecule has 1 amide bonds. The lowest BCUT2D eigenvalue weighted by Crippen LogP contribution is -2.61. The summed E-state index contributed by atoms with van der Waals surface area (Å²) in [4.78, 5) is 42.1. The SMILES string of the molecule is COCC1(N(CCCc2ccccc2)C(=O)CC(O)(CC(=O)O)C(=O)O)CCN(CCc2cccs2)CC1. The number of hydrogen-bond acceptors (Lipinski definition) is 7. The van der Waals surface area contributed by atoms with E-state index in [2.05, 4.69) is 16.3 Å². The number of carboxylic acids is 2. The maximum absolute atomic E-state index is 13.7. The maximum atomic E-state index is 13.7. The normalized spacial score (nSPS) is 17.0. The molecule has 0 saturated carbocycles. The molecule has 1 aliphatic heterocycles. The van der Waals surface area contributed by atoms with E-state index in [0.717, 1.165) is 38.0 Å². The molecule has 1 aromatic carbocycles. The zero-order chi connectivity index (χ0) is 27.6. The number of aliphatic carboxylic acids is 2. The van der Waals surface area contributed by atoms with Crippen molar-refractivity contribution in [2.75, 3.05) is 39.9 Å². The van der Waals surface area contributed by atoms with E-state index in [1.165, 1.54) is 4.88 Å². The van der Waals surface area contributed by atoms with Gasteiger partial charge in [-0.1, -0.05) is 36.4 Å². The second kappa shape index (κ2) is 13.8. The third-order valence-corrected chi connectivity index (χ3v) is 8.24. The van der Waals surface area contributed by atoms with Gasteiger partial charge in [0.25, 0.3) is 0 Å². The number of carbonyl (C=O) groups is 3. The van der Waals surface area contributed by atoms with E-state index in [-0.39, 0.29) is 6.61 Å². The highest BCUT2D eigenvalue weighted by Gasteiger charge is 2.47. The lowest BCUT2D eigenvalue weighted by molar-refractivity contribution is -0.171. The number of aryl methyl sites for hydroxylation is 1. The number of aliphatic hydroxyl groups is 1. The van der Waals surface area contributed by atoms with Crippen molar-refractivity contribution >= 4 is 29.2 Å². The number of benzene rings is 1. The van der Waals surface area contributed by atoms with Crippen LogP contribution >= 0.6 is 11.3 Å². The van der Waals surface area contributed by atoms with Crippen molar-refractivity contribution in [2.24, 2.45) is 0 Å². The Hall–Kier alpha value is -2.79. The third kappa shape index (κ3) is 8.10. The van der Waals surface area contributed by atoms with Crippen LogP contribution in [0.5, 0.6) is 0 Å². The van der Waals surface area contributed by atoms with Gasteiger partial charge in [0.05, 0.1) is 25.0 Å². The Morgan fingerprint density at radius 2 is 1.76 bits per heavy atom. The summed E-state index contributed by atoms with van der Waals surface area (Å²) in [5, 5.41) is 31.4. The summed E-state index contributed by atoms with van der Waals surface area (Å²) in [7, 11) is 1.58. The molecule has 0 radical (unpaired) electrons. The number of carboxylic acid groups (broad SMARTS) is 2. The number of carbonyl (C=O) groups excluding carboxylic acids is 1. The van der Waals surface area contributed by atoms with Gasteiger partial charge in [0.15, 0.2) is 5.60 Å². The summed E-state index contributed by atoms with van der Waals surface area (Å²) in [6, 6.07) is 14.0. The molecular weight excluding hydrogens is 508 g/mol. The van der Waals surface area contributed by atoms with Gasteiger partial charge in [-0.05, 0) is 49.1 Å². The van der Waals surface area contributed by atoms with Gasteiger partial charge < -0.3 is 29.9 Å². The fourth-order valence-corrected chi connectivity index (χ4v) is 5.90. The first kappa shape index (κ1) is 29.8. The van der Waals surface area contributed by atoms with Gasteiger partial charge in [0.2, 0.25) is 5.91 Å². The highest BCUT2D eigenvalue weighted by molar-refractivity contribution is 7.09. The van der Waals surface area contributed by atoms with Crippen LogP contribution in [-0.2, 0) is 32.0 Å². The highest BCUT2D eigenvalue weighted by Crippen LogP contribution is 2.32. The monoisotopic (exact) mass is 546 g/mol. The standard InChI is InChI=1S/C28H38N2O7S/c1-37-21-27(12-16-29(17-13-27)15-11-23-10-6-18-38-23)30(14-5-9-22-7-3-2-4-8-22)24(31)19-28(36,26(34)35)20-25(32)33/h2-4,6-8,10,18,36H,5,9,11-17,19-21H2,1H3,(H,32,33)(H,34,35). The van der Waals surface area contributed by atoms with Gasteiger partial charge in [-0.15, -0.1) is 11.3 Å². The van der Waals surface area contributed by atoms with Crippen molar-refractivity contribution in [2.45, 2.75) is 56.1 Å². The Morgan fingerprint density at radius 1 is 1.05 bits per heavy atom. The molecule has 2 aromatic rings. The van der Waals surface area contributed by atoms with Crippen LogP contribution in [0, 0.1) is 0 Å².